The van der Waals surface area contributed by atoms with E-state index in [1.807, 2.05) is 0 Å². The first kappa shape index (κ1) is 17.4. The molecule has 3 rings (SSSR count). The van der Waals surface area contributed by atoms with Gasteiger partial charge in [0, 0.05) is 18.7 Å². The van der Waals surface area contributed by atoms with Crippen molar-refractivity contribution in [1.29, 1.82) is 0 Å². The summed E-state index contributed by atoms with van der Waals surface area (Å²) in [7, 11) is -3.60. The molecule has 0 spiro atoms. The zero-order chi connectivity index (χ0) is 17.5. The van der Waals surface area contributed by atoms with Crippen molar-refractivity contribution in [3.8, 4) is 0 Å². The zero-order valence-corrected chi connectivity index (χ0v) is 15.1. The fraction of sp³-hybridized carbons (Fsp3) is 0.438. The van der Waals surface area contributed by atoms with Gasteiger partial charge in [0.1, 0.15) is 11.6 Å². The highest BCUT2D eigenvalue weighted by atomic mass is 32.2. The van der Waals surface area contributed by atoms with Crippen LogP contribution in [0.3, 0.4) is 0 Å². The maximum absolute atomic E-state index is 13.9. The van der Waals surface area contributed by atoms with Gasteiger partial charge in [0.25, 0.3) is 10.0 Å². The van der Waals surface area contributed by atoms with Crippen molar-refractivity contribution in [3.63, 3.8) is 0 Å². The molecule has 2 aromatic rings. The van der Waals surface area contributed by atoms with E-state index in [9.17, 15) is 17.2 Å². The molecule has 0 unspecified atom stereocenters. The van der Waals surface area contributed by atoms with E-state index in [0.717, 1.165) is 11.3 Å². The highest BCUT2D eigenvalue weighted by Crippen LogP contribution is 2.35. The van der Waals surface area contributed by atoms with Crippen LogP contribution in [0.25, 0.3) is 0 Å². The standard InChI is InChI=1S/C16H18F2N2O2S2/c1-10-16(23-11(2)19-10)24(21,22)20-8-6-12(7-9-20)15-13(17)4-3-5-14(15)18/h3-5,12H,6-9H2,1-2H3. The lowest BCUT2D eigenvalue weighted by atomic mass is 9.89. The van der Waals surface area contributed by atoms with E-state index in [0.29, 0.717) is 23.5 Å². The number of halogens is 2. The molecule has 24 heavy (non-hydrogen) atoms. The number of nitrogens with zero attached hydrogens (tertiary/aromatic N) is 2. The second-order valence-corrected chi connectivity index (χ2v) is 9.26. The molecular formula is C16H18F2N2O2S2. The van der Waals surface area contributed by atoms with E-state index >= 15 is 0 Å². The Labute approximate surface area is 144 Å². The molecule has 0 bridgehead atoms. The number of aromatic nitrogens is 1. The van der Waals surface area contributed by atoms with Crippen LogP contribution in [0.15, 0.2) is 22.4 Å². The monoisotopic (exact) mass is 372 g/mol. The minimum absolute atomic E-state index is 0.0689. The summed E-state index contributed by atoms with van der Waals surface area (Å²) < 4.78 is 55.0. The number of hydrogen-bond acceptors (Lipinski definition) is 4. The van der Waals surface area contributed by atoms with Gasteiger partial charge in [-0.2, -0.15) is 4.31 Å². The third-order valence-corrected chi connectivity index (χ3v) is 7.86. The number of hydrogen-bond donors (Lipinski definition) is 0. The van der Waals surface area contributed by atoms with Gasteiger partial charge in [0.15, 0.2) is 4.21 Å². The van der Waals surface area contributed by atoms with Gasteiger partial charge in [-0.05, 0) is 44.7 Å². The molecule has 0 aliphatic carbocycles. The van der Waals surface area contributed by atoms with Crippen molar-refractivity contribution in [3.05, 3.63) is 46.1 Å². The Balaban J connectivity index is 1.79. The molecule has 0 saturated carbocycles. The van der Waals surface area contributed by atoms with Crippen LogP contribution >= 0.6 is 11.3 Å². The molecule has 1 saturated heterocycles. The largest absolute Gasteiger partial charge is 0.254 e. The second kappa shape index (κ2) is 6.50. The Hall–Kier alpha value is -1.38. The molecule has 1 fully saturated rings. The van der Waals surface area contributed by atoms with Gasteiger partial charge in [-0.15, -0.1) is 11.3 Å². The molecule has 1 aliphatic rings. The molecule has 130 valence electrons. The van der Waals surface area contributed by atoms with Crippen LogP contribution in [0.1, 0.15) is 35.0 Å². The van der Waals surface area contributed by atoms with E-state index in [4.69, 9.17) is 0 Å². The van der Waals surface area contributed by atoms with Crippen molar-refractivity contribution < 1.29 is 17.2 Å². The van der Waals surface area contributed by atoms with Crippen molar-refractivity contribution in [2.24, 2.45) is 0 Å². The molecule has 1 aromatic heterocycles. The Bertz CT molecular complexity index is 837. The van der Waals surface area contributed by atoms with Crippen LogP contribution in [0, 0.1) is 25.5 Å². The zero-order valence-electron chi connectivity index (χ0n) is 13.4. The van der Waals surface area contributed by atoms with Crippen LogP contribution in [0.4, 0.5) is 8.78 Å². The molecule has 0 atom stereocenters. The number of rotatable bonds is 3. The summed E-state index contributed by atoms with van der Waals surface area (Å²) in [6, 6.07) is 3.82. The summed E-state index contributed by atoms with van der Waals surface area (Å²) in [6.07, 6.45) is 0.793. The molecule has 4 nitrogen and oxygen atoms in total. The first-order valence-electron chi connectivity index (χ1n) is 7.69. The minimum Gasteiger partial charge on any atom is -0.245 e. The molecular weight excluding hydrogens is 354 g/mol. The van der Waals surface area contributed by atoms with Gasteiger partial charge >= 0.3 is 0 Å². The van der Waals surface area contributed by atoms with E-state index in [2.05, 4.69) is 4.98 Å². The van der Waals surface area contributed by atoms with Crippen molar-refractivity contribution >= 4 is 21.4 Å². The fourth-order valence-electron chi connectivity index (χ4n) is 3.15. The molecule has 2 heterocycles. The summed E-state index contributed by atoms with van der Waals surface area (Å²) in [6.45, 7) is 3.94. The quantitative estimate of drug-likeness (QED) is 0.827. The van der Waals surface area contributed by atoms with Gasteiger partial charge in [0.05, 0.1) is 10.7 Å². The first-order chi connectivity index (χ1) is 11.3. The van der Waals surface area contributed by atoms with Gasteiger partial charge in [-0.1, -0.05) is 6.07 Å². The lowest BCUT2D eigenvalue weighted by molar-refractivity contribution is 0.311. The van der Waals surface area contributed by atoms with Crippen molar-refractivity contribution in [1.82, 2.24) is 9.29 Å². The van der Waals surface area contributed by atoms with Crippen LogP contribution in [-0.4, -0.2) is 30.8 Å². The molecule has 0 radical (unpaired) electrons. The first-order valence-corrected chi connectivity index (χ1v) is 9.94. The van der Waals surface area contributed by atoms with Gasteiger partial charge in [-0.25, -0.2) is 22.2 Å². The maximum atomic E-state index is 13.9. The summed E-state index contributed by atoms with van der Waals surface area (Å²) in [4.78, 5) is 4.17. The molecule has 8 heteroatoms. The summed E-state index contributed by atoms with van der Waals surface area (Å²) in [5.74, 6) is -1.43. The summed E-state index contributed by atoms with van der Waals surface area (Å²) in [5, 5.41) is 0.703. The van der Waals surface area contributed by atoms with E-state index in [1.54, 1.807) is 13.8 Å². The SMILES string of the molecule is Cc1nc(C)c(S(=O)(=O)N2CCC(c3c(F)cccc3F)CC2)s1. The van der Waals surface area contributed by atoms with Gasteiger partial charge < -0.3 is 0 Å². The second-order valence-electron chi connectivity index (χ2n) is 5.92. The van der Waals surface area contributed by atoms with E-state index in [-0.39, 0.29) is 28.8 Å². The predicted molar refractivity (Wildman–Crippen MR) is 88.7 cm³/mol. The van der Waals surface area contributed by atoms with Crippen LogP contribution in [0.5, 0.6) is 0 Å². The fourth-order valence-corrected chi connectivity index (χ4v) is 6.24. The average molecular weight is 372 g/mol. The van der Waals surface area contributed by atoms with Crippen LogP contribution < -0.4 is 0 Å². The lowest BCUT2D eigenvalue weighted by Gasteiger charge is -2.31. The van der Waals surface area contributed by atoms with Crippen molar-refractivity contribution in [2.45, 2.75) is 36.8 Å². The Morgan fingerprint density at radius 2 is 1.75 bits per heavy atom. The topological polar surface area (TPSA) is 50.3 Å². The van der Waals surface area contributed by atoms with Crippen LogP contribution in [0.2, 0.25) is 0 Å². The average Bonchev–Trinajstić information content (AvgIpc) is 2.87. The smallest absolute Gasteiger partial charge is 0.245 e. The van der Waals surface area contributed by atoms with Gasteiger partial charge in [-0.3, -0.25) is 0 Å². The molecule has 1 aromatic carbocycles. The molecule has 1 aliphatic heterocycles. The minimum atomic E-state index is -3.60. The predicted octanol–water partition coefficient (Wildman–Crippen LogP) is 3.61. The van der Waals surface area contributed by atoms with E-state index in [1.165, 1.54) is 22.5 Å². The highest BCUT2D eigenvalue weighted by molar-refractivity contribution is 7.91. The third-order valence-electron chi connectivity index (χ3n) is 4.30. The molecule has 0 N–H and O–H groups in total. The Morgan fingerprint density at radius 3 is 2.25 bits per heavy atom. The summed E-state index contributed by atoms with van der Waals surface area (Å²) in [5.41, 5.74) is 0.569. The number of benzene rings is 1. The number of thiazole rings is 1. The lowest BCUT2D eigenvalue weighted by Crippen LogP contribution is -2.38. The summed E-state index contributed by atoms with van der Waals surface area (Å²) >= 11 is 1.16. The van der Waals surface area contributed by atoms with Crippen LogP contribution in [-0.2, 0) is 10.0 Å². The Kier molecular flexibility index (Phi) is 4.72. The van der Waals surface area contributed by atoms with E-state index < -0.39 is 21.7 Å². The number of sulfonamides is 1. The number of piperidine rings is 1. The van der Waals surface area contributed by atoms with Crippen molar-refractivity contribution in [2.75, 3.05) is 13.1 Å². The highest BCUT2D eigenvalue weighted by Gasteiger charge is 2.34. The Morgan fingerprint density at radius 1 is 1.17 bits per heavy atom. The normalized spacial score (nSPS) is 17.3. The number of aryl methyl sites for hydroxylation is 2. The maximum Gasteiger partial charge on any atom is 0.254 e. The van der Waals surface area contributed by atoms with Gasteiger partial charge in [0.2, 0.25) is 0 Å². The molecule has 0 amide bonds. The third kappa shape index (κ3) is 3.10.